The molecule has 1 aliphatic rings. The zero-order valence-electron chi connectivity index (χ0n) is 14.6. The van der Waals surface area contributed by atoms with Crippen molar-refractivity contribution in [3.63, 3.8) is 0 Å². The summed E-state index contributed by atoms with van der Waals surface area (Å²) in [5.41, 5.74) is -0.485. The van der Waals surface area contributed by atoms with E-state index in [9.17, 15) is 19.6 Å². The molecule has 2 heterocycles. The van der Waals surface area contributed by atoms with Gasteiger partial charge in [0, 0.05) is 20.8 Å². The minimum Gasteiger partial charge on any atom is -0.456 e. The molecule has 0 aromatic carbocycles. The average molecular weight is 377 g/mol. The van der Waals surface area contributed by atoms with Crippen molar-refractivity contribution in [2.75, 3.05) is 6.61 Å². The standard InChI is InChI=1S/C15H15N5O7/c1-7(21)25-12-6-24-15(20-11(5-17)10(4-16)18-19-20)14(27-9(3)23)13(12)26-8(2)22/h12-15H,6H2,1-3H3/t12-,13+,14+,15+/m0/s1. The van der Waals surface area contributed by atoms with Gasteiger partial charge in [0.05, 0.1) is 6.61 Å². The normalized spacial score (nSPS) is 24.2. The van der Waals surface area contributed by atoms with Crippen LogP contribution in [0.1, 0.15) is 38.4 Å². The highest BCUT2D eigenvalue weighted by molar-refractivity contribution is 5.68. The molecule has 27 heavy (non-hydrogen) atoms. The number of hydrogen-bond acceptors (Lipinski definition) is 11. The minimum atomic E-state index is -1.31. The predicted molar refractivity (Wildman–Crippen MR) is 81.1 cm³/mol. The number of nitriles is 2. The van der Waals surface area contributed by atoms with E-state index in [1.54, 1.807) is 12.1 Å². The summed E-state index contributed by atoms with van der Waals surface area (Å²) in [6.45, 7) is 3.16. The van der Waals surface area contributed by atoms with Crippen LogP contribution in [0.5, 0.6) is 0 Å². The SMILES string of the molecule is CC(=O)O[C@@H]1[C@H](OC(C)=O)[C@@H](OC(C)=O)CO[C@H]1n1nnc(C#N)c1C#N. The molecule has 1 aliphatic heterocycles. The van der Waals surface area contributed by atoms with Crippen LogP contribution in [0.15, 0.2) is 0 Å². The van der Waals surface area contributed by atoms with Gasteiger partial charge in [-0.2, -0.15) is 10.5 Å². The van der Waals surface area contributed by atoms with Crippen LogP contribution in [0.25, 0.3) is 0 Å². The first-order chi connectivity index (χ1) is 12.8. The number of carbonyl (C=O) groups excluding carboxylic acids is 3. The highest BCUT2D eigenvalue weighted by Gasteiger charge is 2.48. The number of esters is 3. The Morgan fingerprint density at radius 1 is 1.04 bits per heavy atom. The van der Waals surface area contributed by atoms with Crippen LogP contribution in [-0.2, 0) is 33.3 Å². The summed E-state index contributed by atoms with van der Waals surface area (Å²) in [5, 5.41) is 25.6. The Morgan fingerprint density at radius 2 is 1.63 bits per heavy atom. The molecule has 12 nitrogen and oxygen atoms in total. The fourth-order valence-corrected chi connectivity index (χ4v) is 2.58. The van der Waals surface area contributed by atoms with E-state index in [1.165, 1.54) is 0 Å². The van der Waals surface area contributed by atoms with E-state index in [-0.39, 0.29) is 18.0 Å². The number of ether oxygens (including phenoxy) is 4. The lowest BCUT2D eigenvalue weighted by Gasteiger charge is -2.40. The van der Waals surface area contributed by atoms with Gasteiger partial charge in [0.25, 0.3) is 0 Å². The van der Waals surface area contributed by atoms with E-state index in [4.69, 9.17) is 24.2 Å². The first-order valence-corrected chi connectivity index (χ1v) is 7.67. The van der Waals surface area contributed by atoms with Gasteiger partial charge >= 0.3 is 17.9 Å². The molecule has 1 aromatic heterocycles. The number of carbonyl (C=O) groups is 3. The number of aromatic nitrogens is 3. The van der Waals surface area contributed by atoms with Crippen molar-refractivity contribution < 1.29 is 33.3 Å². The van der Waals surface area contributed by atoms with E-state index in [0.717, 1.165) is 25.5 Å². The maximum absolute atomic E-state index is 11.6. The average Bonchev–Trinajstić information content (AvgIpc) is 2.99. The summed E-state index contributed by atoms with van der Waals surface area (Å²) in [4.78, 5) is 34.4. The smallest absolute Gasteiger partial charge is 0.303 e. The van der Waals surface area contributed by atoms with Crippen molar-refractivity contribution in [3.05, 3.63) is 11.4 Å². The molecule has 0 saturated carbocycles. The van der Waals surface area contributed by atoms with Crippen LogP contribution < -0.4 is 0 Å². The summed E-state index contributed by atoms with van der Waals surface area (Å²) in [5.74, 6) is -2.12. The Bertz CT molecular complexity index is 837. The van der Waals surface area contributed by atoms with Gasteiger partial charge < -0.3 is 18.9 Å². The zero-order chi connectivity index (χ0) is 20.1. The molecular weight excluding hydrogens is 362 g/mol. The van der Waals surface area contributed by atoms with Gasteiger partial charge in [0.2, 0.25) is 5.69 Å². The maximum atomic E-state index is 11.6. The second kappa shape index (κ2) is 8.25. The Labute approximate surface area is 153 Å². The lowest BCUT2D eigenvalue weighted by Crippen LogP contribution is -2.55. The van der Waals surface area contributed by atoms with Crippen LogP contribution in [0, 0.1) is 22.7 Å². The summed E-state index contributed by atoms with van der Waals surface area (Å²) >= 11 is 0. The van der Waals surface area contributed by atoms with Crippen molar-refractivity contribution in [3.8, 4) is 12.1 Å². The molecule has 0 N–H and O–H groups in total. The van der Waals surface area contributed by atoms with E-state index in [0.29, 0.717) is 0 Å². The summed E-state index contributed by atoms with van der Waals surface area (Å²) in [6.07, 6.45) is -4.84. The maximum Gasteiger partial charge on any atom is 0.303 e. The van der Waals surface area contributed by atoms with Crippen molar-refractivity contribution >= 4 is 17.9 Å². The van der Waals surface area contributed by atoms with E-state index >= 15 is 0 Å². The third-order valence-electron chi connectivity index (χ3n) is 3.47. The quantitative estimate of drug-likeness (QED) is 0.483. The molecule has 1 aromatic rings. The van der Waals surface area contributed by atoms with Crippen molar-refractivity contribution in [1.82, 2.24) is 15.0 Å². The Morgan fingerprint density at radius 3 is 2.15 bits per heavy atom. The van der Waals surface area contributed by atoms with Crippen molar-refractivity contribution in [2.45, 2.75) is 45.3 Å². The Hall–Kier alpha value is -3.51. The molecule has 1 fully saturated rings. The molecule has 12 heteroatoms. The lowest BCUT2D eigenvalue weighted by atomic mass is 10.0. The second-order valence-electron chi connectivity index (χ2n) is 5.47. The molecule has 0 spiro atoms. The molecule has 0 unspecified atom stereocenters. The number of rotatable bonds is 4. The minimum absolute atomic E-state index is 0.229. The first kappa shape index (κ1) is 19.8. The number of nitrogens with zero attached hydrogens (tertiary/aromatic N) is 5. The highest BCUT2D eigenvalue weighted by atomic mass is 16.6. The zero-order valence-corrected chi connectivity index (χ0v) is 14.6. The van der Waals surface area contributed by atoms with Gasteiger partial charge in [-0.3, -0.25) is 14.4 Å². The fraction of sp³-hybridized carbons (Fsp3) is 0.533. The van der Waals surface area contributed by atoms with E-state index < -0.39 is 42.4 Å². The van der Waals surface area contributed by atoms with Crippen molar-refractivity contribution in [2.24, 2.45) is 0 Å². The van der Waals surface area contributed by atoms with Crippen LogP contribution in [0.3, 0.4) is 0 Å². The summed E-state index contributed by atoms with van der Waals surface area (Å²) < 4.78 is 22.0. The third kappa shape index (κ3) is 4.37. The van der Waals surface area contributed by atoms with Gasteiger partial charge in [-0.1, -0.05) is 5.21 Å². The Kier molecular flexibility index (Phi) is 6.05. The van der Waals surface area contributed by atoms with Gasteiger partial charge in [-0.15, -0.1) is 5.10 Å². The monoisotopic (exact) mass is 377 g/mol. The van der Waals surface area contributed by atoms with E-state index in [2.05, 4.69) is 10.3 Å². The molecule has 0 amide bonds. The largest absolute Gasteiger partial charge is 0.456 e. The molecular formula is C15H15N5O7. The Balaban J connectivity index is 2.48. The topological polar surface area (TPSA) is 166 Å². The van der Waals surface area contributed by atoms with Gasteiger partial charge in [0.15, 0.2) is 30.2 Å². The lowest BCUT2D eigenvalue weighted by molar-refractivity contribution is -0.241. The van der Waals surface area contributed by atoms with Crippen LogP contribution in [0.4, 0.5) is 0 Å². The van der Waals surface area contributed by atoms with Crippen LogP contribution in [0.2, 0.25) is 0 Å². The molecule has 0 radical (unpaired) electrons. The molecule has 4 atom stereocenters. The number of hydrogen-bond donors (Lipinski definition) is 0. The second-order valence-corrected chi connectivity index (χ2v) is 5.47. The highest BCUT2D eigenvalue weighted by Crippen LogP contribution is 2.31. The van der Waals surface area contributed by atoms with Gasteiger partial charge in [-0.25, -0.2) is 4.68 Å². The molecule has 2 rings (SSSR count). The van der Waals surface area contributed by atoms with Gasteiger partial charge in [-0.05, 0) is 0 Å². The van der Waals surface area contributed by atoms with Crippen LogP contribution >= 0.6 is 0 Å². The van der Waals surface area contributed by atoms with Crippen LogP contribution in [-0.4, -0.2) is 57.8 Å². The molecule has 1 saturated heterocycles. The third-order valence-corrected chi connectivity index (χ3v) is 3.47. The molecule has 0 bridgehead atoms. The van der Waals surface area contributed by atoms with Crippen molar-refractivity contribution in [1.29, 1.82) is 10.5 Å². The fourth-order valence-electron chi connectivity index (χ4n) is 2.58. The van der Waals surface area contributed by atoms with Gasteiger partial charge in [0.1, 0.15) is 12.1 Å². The first-order valence-electron chi connectivity index (χ1n) is 7.67. The molecule has 0 aliphatic carbocycles. The summed E-state index contributed by atoms with van der Waals surface area (Å²) in [7, 11) is 0. The predicted octanol–water partition coefficient (Wildman–Crippen LogP) is -0.655. The summed E-state index contributed by atoms with van der Waals surface area (Å²) in [6, 6.07) is 3.47. The molecule has 142 valence electrons. The van der Waals surface area contributed by atoms with E-state index in [1.807, 2.05) is 0 Å².